The lowest BCUT2D eigenvalue weighted by Gasteiger charge is -2.29. The highest BCUT2D eigenvalue weighted by molar-refractivity contribution is 5.87. The SMILES string of the molecule is O=C(C(c1ccccc1)c1ccccc1)N(Cc1ccco1)CC1CCCO1. The second-order valence-electron chi connectivity index (χ2n) is 7.19. The molecule has 1 aliphatic rings. The number of rotatable bonds is 7. The largest absolute Gasteiger partial charge is 0.467 e. The van der Waals surface area contributed by atoms with Gasteiger partial charge in [0.1, 0.15) is 5.76 Å². The highest BCUT2D eigenvalue weighted by Gasteiger charge is 2.30. The van der Waals surface area contributed by atoms with E-state index in [-0.39, 0.29) is 17.9 Å². The molecule has 1 unspecified atom stereocenters. The van der Waals surface area contributed by atoms with Gasteiger partial charge in [-0.05, 0) is 36.1 Å². The van der Waals surface area contributed by atoms with Crippen LogP contribution < -0.4 is 0 Å². The molecule has 1 aliphatic heterocycles. The molecule has 0 radical (unpaired) electrons. The van der Waals surface area contributed by atoms with E-state index in [9.17, 15) is 4.79 Å². The molecule has 4 heteroatoms. The standard InChI is InChI=1S/C24H25NO3/c26-24(23(19-9-3-1-4-10-19)20-11-5-2-6-12-20)25(17-21-13-7-15-27-21)18-22-14-8-16-28-22/h1-7,9-13,15,22-23H,8,14,16-18H2. The first kappa shape index (κ1) is 18.5. The lowest BCUT2D eigenvalue weighted by Crippen LogP contribution is -2.40. The molecule has 0 N–H and O–H groups in total. The molecule has 1 amide bonds. The predicted molar refractivity (Wildman–Crippen MR) is 108 cm³/mol. The highest BCUT2D eigenvalue weighted by atomic mass is 16.5. The van der Waals surface area contributed by atoms with Crippen LogP contribution in [0.2, 0.25) is 0 Å². The molecular weight excluding hydrogens is 350 g/mol. The van der Waals surface area contributed by atoms with Crippen LogP contribution in [0.25, 0.3) is 0 Å². The van der Waals surface area contributed by atoms with Crippen molar-refractivity contribution in [1.29, 1.82) is 0 Å². The normalized spacial score (nSPS) is 16.4. The third-order valence-corrected chi connectivity index (χ3v) is 5.20. The van der Waals surface area contributed by atoms with Crippen molar-refractivity contribution >= 4 is 5.91 Å². The molecule has 4 rings (SSSR count). The minimum atomic E-state index is -0.348. The van der Waals surface area contributed by atoms with E-state index in [0.717, 1.165) is 36.3 Å². The van der Waals surface area contributed by atoms with Crippen molar-refractivity contribution in [2.45, 2.75) is 31.4 Å². The molecule has 1 saturated heterocycles. The van der Waals surface area contributed by atoms with Crippen LogP contribution >= 0.6 is 0 Å². The second kappa shape index (κ2) is 8.89. The van der Waals surface area contributed by atoms with E-state index in [1.807, 2.05) is 77.7 Å². The van der Waals surface area contributed by atoms with Gasteiger partial charge >= 0.3 is 0 Å². The third-order valence-electron chi connectivity index (χ3n) is 5.20. The smallest absolute Gasteiger partial charge is 0.235 e. The van der Waals surface area contributed by atoms with Gasteiger partial charge in [-0.25, -0.2) is 0 Å². The van der Waals surface area contributed by atoms with Crippen molar-refractivity contribution in [2.75, 3.05) is 13.2 Å². The van der Waals surface area contributed by atoms with E-state index in [1.165, 1.54) is 0 Å². The maximum absolute atomic E-state index is 13.8. The molecule has 3 aromatic rings. The van der Waals surface area contributed by atoms with Gasteiger partial charge in [-0.1, -0.05) is 60.7 Å². The number of nitrogens with zero attached hydrogens (tertiary/aromatic N) is 1. The molecule has 28 heavy (non-hydrogen) atoms. The van der Waals surface area contributed by atoms with Gasteiger partial charge in [0.25, 0.3) is 0 Å². The Balaban J connectivity index is 1.66. The quantitative estimate of drug-likeness (QED) is 0.605. The van der Waals surface area contributed by atoms with Crippen LogP contribution in [0.4, 0.5) is 0 Å². The summed E-state index contributed by atoms with van der Waals surface area (Å²) in [6.45, 7) is 1.80. The van der Waals surface area contributed by atoms with E-state index >= 15 is 0 Å². The van der Waals surface area contributed by atoms with E-state index in [4.69, 9.17) is 9.15 Å². The van der Waals surface area contributed by atoms with Crippen LogP contribution in [0.5, 0.6) is 0 Å². The molecule has 1 aromatic heterocycles. The number of carbonyl (C=O) groups is 1. The Kier molecular flexibility index (Phi) is 5.88. The minimum Gasteiger partial charge on any atom is -0.467 e. The van der Waals surface area contributed by atoms with Crippen molar-refractivity contribution in [3.8, 4) is 0 Å². The van der Waals surface area contributed by atoms with Crippen molar-refractivity contribution in [3.63, 3.8) is 0 Å². The van der Waals surface area contributed by atoms with Crippen LogP contribution in [-0.2, 0) is 16.1 Å². The number of hydrogen-bond acceptors (Lipinski definition) is 3. The molecule has 2 heterocycles. The molecular formula is C24H25NO3. The van der Waals surface area contributed by atoms with E-state index < -0.39 is 0 Å². The molecule has 144 valence electrons. The van der Waals surface area contributed by atoms with E-state index in [1.54, 1.807) is 6.26 Å². The van der Waals surface area contributed by atoms with E-state index in [2.05, 4.69) is 0 Å². The van der Waals surface area contributed by atoms with Crippen LogP contribution in [0, 0.1) is 0 Å². The molecule has 0 saturated carbocycles. The summed E-state index contributed by atoms with van der Waals surface area (Å²) in [4.78, 5) is 15.7. The Bertz CT molecular complexity index is 816. The van der Waals surface area contributed by atoms with Gasteiger partial charge in [-0.15, -0.1) is 0 Å². The highest BCUT2D eigenvalue weighted by Crippen LogP contribution is 2.28. The van der Waals surface area contributed by atoms with Crippen LogP contribution in [-0.4, -0.2) is 30.1 Å². The lowest BCUT2D eigenvalue weighted by atomic mass is 9.90. The van der Waals surface area contributed by atoms with Crippen LogP contribution in [0.3, 0.4) is 0 Å². The maximum atomic E-state index is 13.8. The fraction of sp³-hybridized carbons (Fsp3) is 0.292. The third kappa shape index (κ3) is 4.34. The summed E-state index contributed by atoms with van der Waals surface area (Å²) >= 11 is 0. The first-order valence-electron chi connectivity index (χ1n) is 9.84. The predicted octanol–water partition coefficient (Wildman–Crippen LogP) is 4.62. The molecule has 1 atom stereocenters. The molecule has 1 fully saturated rings. The van der Waals surface area contributed by atoms with Gasteiger partial charge in [0, 0.05) is 13.2 Å². The zero-order valence-corrected chi connectivity index (χ0v) is 15.9. The van der Waals surface area contributed by atoms with Gasteiger partial charge in [0.2, 0.25) is 5.91 Å². The Hall–Kier alpha value is -2.85. The number of hydrogen-bond donors (Lipinski definition) is 0. The first-order chi connectivity index (χ1) is 13.8. The summed E-state index contributed by atoms with van der Waals surface area (Å²) in [5.74, 6) is 0.509. The van der Waals surface area contributed by atoms with Gasteiger partial charge in [-0.3, -0.25) is 4.79 Å². The van der Waals surface area contributed by atoms with Gasteiger partial charge in [0.05, 0.1) is 24.8 Å². The summed E-state index contributed by atoms with van der Waals surface area (Å²) in [7, 11) is 0. The van der Waals surface area contributed by atoms with Crippen molar-refractivity contribution < 1.29 is 13.9 Å². The number of ether oxygens (including phenoxy) is 1. The summed E-state index contributed by atoms with van der Waals surface area (Å²) < 4.78 is 11.4. The number of benzene rings is 2. The average Bonchev–Trinajstić information content (AvgIpc) is 3.44. The summed E-state index contributed by atoms with van der Waals surface area (Å²) in [6.07, 6.45) is 3.78. The van der Waals surface area contributed by atoms with Crippen molar-refractivity contribution in [1.82, 2.24) is 4.90 Å². The number of furan rings is 1. The van der Waals surface area contributed by atoms with Crippen LogP contribution in [0.15, 0.2) is 83.5 Å². The summed E-state index contributed by atoms with van der Waals surface area (Å²) in [5.41, 5.74) is 1.99. The second-order valence-corrected chi connectivity index (χ2v) is 7.19. The Labute approximate surface area is 165 Å². The number of carbonyl (C=O) groups excluding carboxylic acids is 1. The Morgan fingerprint density at radius 2 is 1.64 bits per heavy atom. The Morgan fingerprint density at radius 1 is 0.964 bits per heavy atom. The zero-order chi connectivity index (χ0) is 19.2. The Morgan fingerprint density at radius 3 is 2.18 bits per heavy atom. The molecule has 0 bridgehead atoms. The fourth-order valence-electron chi connectivity index (χ4n) is 3.81. The minimum absolute atomic E-state index is 0.0734. The lowest BCUT2D eigenvalue weighted by molar-refractivity contribution is -0.134. The van der Waals surface area contributed by atoms with Gasteiger partial charge in [-0.2, -0.15) is 0 Å². The van der Waals surface area contributed by atoms with Gasteiger partial charge < -0.3 is 14.1 Å². The first-order valence-corrected chi connectivity index (χ1v) is 9.84. The summed E-state index contributed by atoms with van der Waals surface area (Å²) in [6, 6.07) is 23.7. The molecule has 0 aliphatic carbocycles. The molecule has 4 nitrogen and oxygen atoms in total. The maximum Gasteiger partial charge on any atom is 0.235 e. The fourth-order valence-corrected chi connectivity index (χ4v) is 3.81. The van der Waals surface area contributed by atoms with Crippen molar-refractivity contribution in [2.24, 2.45) is 0 Å². The topological polar surface area (TPSA) is 42.7 Å². The van der Waals surface area contributed by atoms with E-state index in [0.29, 0.717) is 13.1 Å². The summed E-state index contributed by atoms with van der Waals surface area (Å²) in [5, 5.41) is 0. The average molecular weight is 375 g/mol. The van der Waals surface area contributed by atoms with Crippen LogP contribution in [0.1, 0.15) is 35.6 Å². The molecule has 0 spiro atoms. The molecule has 2 aromatic carbocycles. The number of amides is 1. The van der Waals surface area contributed by atoms with Crippen molar-refractivity contribution in [3.05, 3.63) is 95.9 Å². The van der Waals surface area contributed by atoms with Gasteiger partial charge in [0.15, 0.2) is 0 Å². The monoisotopic (exact) mass is 375 g/mol. The zero-order valence-electron chi connectivity index (χ0n) is 15.9.